The van der Waals surface area contributed by atoms with Gasteiger partial charge in [-0.3, -0.25) is 0 Å². The Labute approximate surface area is 90.4 Å². The Bertz CT molecular complexity index is 297. The van der Waals surface area contributed by atoms with Crippen LogP contribution in [0.1, 0.15) is 5.56 Å². The lowest BCUT2D eigenvalue weighted by atomic mass is 9.75. The molecule has 5 N–H and O–H groups in total. The highest BCUT2D eigenvalue weighted by atomic mass is 16.5. The largest absolute Gasteiger partial charge is 0.491 e. The van der Waals surface area contributed by atoms with E-state index in [4.69, 9.17) is 16.1 Å². The van der Waals surface area contributed by atoms with Gasteiger partial charge in [0.25, 0.3) is 0 Å². The zero-order valence-corrected chi connectivity index (χ0v) is 8.73. The van der Waals surface area contributed by atoms with Crippen LogP contribution >= 0.6 is 0 Å². The highest BCUT2D eigenvalue weighted by Crippen LogP contribution is 1.98. The molecule has 0 radical (unpaired) electrons. The van der Waals surface area contributed by atoms with Crippen LogP contribution in [0, 0.1) is 0 Å². The number of rotatable bonds is 6. The van der Waals surface area contributed by atoms with Crippen LogP contribution in [0.5, 0.6) is 0 Å². The van der Waals surface area contributed by atoms with Gasteiger partial charge >= 0.3 is 7.12 Å². The Hall–Kier alpha value is -0.875. The van der Waals surface area contributed by atoms with Gasteiger partial charge in [0, 0.05) is 13.2 Å². The molecule has 1 aromatic carbocycles. The Kier molecular flexibility index (Phi) is 5.35. The fourth-order valence-corrected chi connectivity index (χ4v) is 1.43. The molecule has 1 rings (SSSR count). The van der Waals surface area contributed by atoms with Crippen molar-refractivity contribution in [2.75, 3.05) is 19.7 Å². The van der Waals surface area contributed by atoms with Crippen LogP contribution in [-0.4, -0.2) is 31.8 Å². The molecule has 0 aliphatic carbocycles. The first-order chi connectivity index (χ1) is 7.29. The predicted molar refractivity (Wildman–Crippen MR) is 61.8 cm³/mol. The maximum Gasteiger partial charge on any atom is 0.491 e. The van der Waals surface area contributed by atoms with Gasteiger partial charge in [-0.1, -0.05) is 24.3 Å². The van der Waals surface area contributed by atoms with Gasteiger partial charge in [-0.25, -0.2) is 0 Å². The fraction of sp³-hybridized carbons (Fsp3) is 0.400. The molecule has 0 atom stereocenters. The van der Waals surface area contributed by atoms with Crippen molar-refractivity contribution in [3.63, 3.8) is 0 Å². The molecule has 4 nitrogen and oxygen atoms in total. The van der Waals surface area contributed by atoms with E-state index in [-0.39, 0.29) is 0 Å². The third-order valence-corrected chi connectivity index (χ3v) is 2.13. The first-order valence-electron chi connectivity index (χ1n) is 5.07. The van der Waals surface area contributed by atoms with E-state index >= 15 is 0 Å². The van der Waals surface area contributed by atoms with E-state index in [0.29, 0.717) is 19.7 Å². The van der Waals surface area contributed by atoms with Crippen molar-refractivity contribution in [2.45, 2.75) is 6.42 Å². The van der Waals surface area contributed by atoms with Crippen LogP contribution in [-0.2, 0) is 11.1 Å². The minimum Gasteiger partial charge on any atom is -0.423 e. The van der Waals surface area contributed by atoms with Crippen LogP contribution < -0.4 is 16.9 Å². The van der Waals surface area contributed by atoms with Crippen LogP contribution in [0.25, 0.3) is 0 Å². The summed E-state index contributed by atoms with van der Waals surface area (Å²) in [6.07, 6.45) is 0.735. The molecular formula is C10H17BN2O2. The molecular weight excluding hydrogens is 191 g/mol. The van der Waals surface area contributed by atoms with Crippen LogP contribution in [0.2, 0.25) is 0 Å². The summed E-state index contributed by atoms with van der Waals surface area (Å²) in [6.45, 7) is 1.30. The lowest BCUT2D eigenvalue weighted by Crippen LogP contribution is -2.38. The Morgan fingerprint density at radius 2 is 1.93 bits per heavy atom. The maximum absolute atomic E-state index is 9.74. The van der Waals surface area contributed by atoms with Gasteiger partial charge in [0.15, 0.2) is 0 Å². The summed E-state index contributed by atoms with van der Waals surface area (Å²) in [6, 6.07) is 7.57. The second-order valence-corrected chi connectivity index (χ2v) is 3.25. The van der Waals surface area contributed by atoms with Crippen molar-refractivity contribution in [2.24, 2.45) is 11.5 Å². The van der Waals surface area contributed by atoms with Crippen LogP contribution in [0.15, 0.2) is 24.3 Å². The van der Waals surface area contributed by atoms with Crippen molar-refractivity contribution in [3.8, 4) is 0 Å². The van der Waals surface area contributed by atoms with Gasteiger partial charge < -0.3 is 21.1 Å². The summed E-state index contributed by atoms with van der Waals surface area (Å²) < 4.78 is 5.15. The van der Waals surface area contributed by atoms with E-state index in [0.717, 1.165) is 17.4 Å². The Balaban J connectivity index is 2.72. The SMILES string of the molecule is NCCOB(O)c1ccccc1CCN. The lowest BCUT2D eigenvalue weighted by molar-refractivity contribution is 0.278. The van der Waals surface area contributed by atoms with E-state index in [1.165, 1.54) is 0 Å². The van der Waals surface area contributed by atoms with Crippen molar-refractivity contribution in [1.82, 2.24) is 0 Å². The van der Waals surface area contributed by atoms with Crippen LogP contribution in [0.4, 0.5) is 0 Å². The average Bonchev–Trinajstić information content (AvgIpc) is 2.27. The first-order valence-corrected chi connectivity index (χ1v) is 5.07. The quantitative estimate of drug-likeness (QED) is 0.515. The normalized spacial score (nSPS) is 10.3. The van der Waals surface area contributed by atoms with Crippen molar-refractivity contribution in [3.05, 3.63) is 29.8 Å². The molecule has 0 bridgehead atoms. The Morgan fingerprint density at radius 3 is 2.60 bits per heavy atom. The molecule has 0 amide bonds. The summed E-state index contributed by atoms with van der Waals surface area (Å²) in [4.78, 5) is 0. The smallest absolute Gasteiger partial charge is 0.423 e. The molecule has 0 aliphatic heterocycles. The zero-order chi connectivity index (χ0) is 11.1. The van der Waals surface area contributed by atoms with Crippen molar-refractivity contribution in [1.29, 1.82) is 0 Å². The van der Waals surface area contributed by atoms with E-state index in [1.54, 1.807) is 0 Å². The van der Waals surface area contributed by atoms with Gasteiger partial charge in [0.2, 0.25) is 0 Å². The molecule has 1 aromatic rings. The molecule has 0 aliphatic rings. The van der Waals surface area contributed by atoms with E-state index in [9.17, 15) is 5.02 Å². The maximum atomic E-state index is 9.74. The molecule has 5 heteroatoms. The summed E-state index contributed by atoms with van der Waals surface area (Å²) >= 11 is 0. The lowest BCUT2D eigenvalue weighted by Gasteiger charge is -2.11. The monoisotopic (exact) mass is 208 g/mol. The number of hydrogen-bond donors (Lipinski definition) is 3. The number of hydrogen-bond acceptors (Lipinski definition) is 4. The fourth-order valence-electron chi connectivity index (χ4n) is 1.43. The van der Waals surface area contributed by atoms with E-state index in [1.807, 2.05) is 24.3 Å². The summed E-state index contributed by atoms with van der Waals surface area (Å²) in [5, 5.41) is 9.74. The highest BCUT2D eigenvalue weighted by Gasteiger charge is 2.18. The third-order valence-electron chi connectivity index (χ3n) is 2.13. The second kappa shape index (κ2) is 6.58. The van der Waals surface area contributed by atoms with Gasteiger partial charge in [-0.05, 0) is 24.0 Å². The standard InChI is InChI=1S/C10H17BN2O2/c12-6-5-9-3-1-2-4-10(9)11(14)15-8-7-13/h1-4,14H,5-8,12-13H2. The van der Waals surface area contributed by atoms with E-state index in [2.05, 4.69) is 0 Å². The molecule has 0 unspecified atom stereocenters. The molecule has 0 heterocycles. The summed E-state index contributed by atoms with van der Waals surface area (Å²) in [7, 11) is -0.906. The van der Waals surface area contributed by atoms with Crippen molar-refractivity contribution < 1.29 is 9.68 Å². The van der Waals surface area contributed by atoms with Crippen molar-refractivity contribution >= 4 is 12.6 Å². The third kappa shape index (κ3) is 3.64. The molecule has 0 fully saturated rings. The number of benzene rings is 1. The zero-order valence-electron chi connectivity index (χ0n) is 8.73. The molecule has 0 saturated carbocycles. The minimum atomic E-state index is -0.906. The second-order valence-electron chi connectivity index (χ2n) is 3.25. The van der Waals surface area contributed by atoms with Gasteiger partial charge in [-0.2, -0.15) is 0 Å². The van der Waals surface area contributed by atoms with Gasteiger partial charge in [0.1, 0.15) is 0 Å². The molecule has 0 saturated heterocycles. The Morgan fingerprint density at radius 1 is 1.20 bits per heavy atom. The van der Waals surface area contributed by atoms with Gasteiger partial charge in [0.05, 0.1) is 0 Å². The van der Waals surface area contributed by atoms with E-state index < -0.39 is 7.12 Å². The first kappa shape index (κ1) is 12.2. The highest BCUT2D eigenvalue weighted by molar-refractivity contribution is 6.60. The predicted octanol–water partition coefficient (Wildman–Crippen LogP) is -1.15. The molecule has 0 spiro atoms. The molecule has 15 heavy (non-hydrogen) atoms. The van der Waals surface area contributed by atoms with Gasteiger partial charge in [-0.15, -0.1) is 0 Å². The topological polar surface area (TPSA) is 81.5 Å². The number of nitrogens with two attached hydrogens (primary N) is 2. The molecule has 82 valence electrons. The minimum absolute atomic E-state index is 0.345. The van der Waals surface area contributed by atoms with Crippen LogP contribution in [0.3, 0.4) is 0 Å². The average molecular weight is 208 g/mol. The summed E-state index contributed by atoms with van der Waals surface area (Å²) in [5.41, 5.74) is 12.6. The molecule has 0 aromatic heterocycles. The summed E-state index contributed by atoms with van der Waals surface area (Å²) in [5.74, 6) is 0.